The third-order valence-corrected chi connectivity index (χ3v) is 5.45. The molecule has 4 rings (SSSR count). The SMILES string of the molecule is OCC[C@@H]1CN(Cc2cccc3nonc23)CCN1CCc1ccccc1. The quantitative estimate of drug-likeness (QED) is 0.692. The molecule has 6 heteroatoms. The average Bonchev–Trinajstić information content (AvgIpc) is 3.18. The van der Waals surface area contributed by atoms with E-state index in [0.29, 0.717) is 6.04 Å². The van der Waals surface area contributed by atoms with E-state index in [-0.39, 0.29) is 6.61 Å². The van der Waals surface area contributed by atoms with E-state index in [0.717, 1.165) is 62.2 Å². The molecule has 1 N–H and O–H groups in total. The van der Waals surface area contributed by atoms with Crippen LogP contribution in [0.5, 0.6) is 0 Å². The average molecular weight is 366 g/mol. The molecular formula is C21H26N4O2. The van der Waals surface area contributed by atoms with E-state index in [9.17, 15) is 5.11 Å². The molecule has 2 aromatic carbocycles. The van der Waals surface area contributed by atoms with Crippen molar-refractivity contribution in [2.24, 2.45) is 0 Å². The van der Waals surface area contributed by atoms with Crippen LogP contribution < -0.4 is 0 Å². The zero-order valence-corrected chi connectivity index (χ0v) is 15.5. The van der Waals surface area contributed by atoms with Crippen molar-refractivity contribution in [2.75, 3.05) is 32.8 Å². The van der Waals surface area contributed by atoms with Crippen LogP contribution in [0.3, 0.4) is 0 Å². The number of hydrogen-bond donors (Lipinski definition) is 1. The highest BCUT2D eigenvalue weighted by Gasteiger charge is 2.26. The zero-order chi connectivity index (χ0) is 18.5. The van der Waals surface area contributed by atoms with Gasteiger partial charge in [0.25, 0.3) is 0 Å². The van der Waals surface area contributed by atoms with Gasteiger partial charge in [-0.3, -0.25) is 9.80 Å². The third-order valence-electron chi connectivity index (χ3n) is 5.45. The normalized spacial score (nSPS) is 18.9. The number of fused-ring (bicyclic) bond motifs is 1. The Morgan fingerprint density at radius 3 is 2.78 bits per heavy atom. The third kappa shape index (κ3) is 4.35. The summed E-state index contributed by atoms with van der Waals surface area (Å²) in [4.78, 5) is 4.97. The van der Waals surface area contributed by atoms with E-state index in [2.05, 4.69) is 56.5 Å². The van der Waals surface area contributed by atoms with Gasteiger partial charge >= 0.3 is 0 Å². The van der Waals surface area contributed by atoms with E-state index < -0.39 is 0 Å². The van der Waals surface area contributed by atoms with Crippen LogP contribution in [-0.4, -0.2) is 64.0 Å². The highest BCUT2D eigenvalue weighted by Crippen LogP contribution is 2.20. The van der Waals surface area contributed by atoms with E-state index in [4.69, 9.17) is 4.63 Å². The number of aliphatic hydroxyl groups excluding tert-OH is 1. The van der Waals surface area contributed by atoms with Crippen molar-refractivity contribution in [3.05, 3.63) is 59.7 Å². The fourth-order valence-electron chi connectivity index (χ4n) is 3.97. The maximum Gasteiger partial charge on any atom is 0.139 e. The van der Waals surface area contributed by atoms with Crippen molar-refractivity contribution in [3.8, 4) is 0 Å². The lowest BCUT2D eigenvalue weighted by atomic mass is 10.1. The molecule has 0 bridgehead atoms. The molecule has 1 aliphatic heterocycles. The van der Waals surface area contributed by atoms with Crippen LogP contribution >= 0.6 is 0 Å². The van der Waals surface area contributed by atoms with E-state index >= 15 is 0 Å². The first-order valence-corrected chi connectivity index (χ1v) is 9.65. The molecule has 2 heterocycles. The molecule has 3 aromatic rings. The molecular weight excluding hydrogens is 340 g/mol. The summed E-state index contributed by atoms with van der Waals surface area (Å²) in [5.74, 6) is 0. The molecule has 27 heavy (non-hydrogen) atoms. The number of nitrogens with zero attached hydrogens (tertiary/aromatic N) is 4. The Morgan fingerprint density at radius 2 is 1.93 bits per heavy atom. The van der Waals surface area contributed by atoms with Crippen LogP contribution in [0, 0.1) is 0 Å². The highest BCUT2D eigenvalue weighted by molar-refractivity contribution is 5.76. The molecule has 1 fully saturated rings. The van der Waals surface area contributed by atoms with Crippen LogP contribution in [0.1, 0.15) is 17.5 Å². The maximum atomic E-state index is 9.54. The smallest absolute Gasteiger partial charge is 0.139 e. The Hall–Kier alpha value is -2.28. The zero-order valence-electron chi connectivity index (χ0n) is 15.5. The molecule has 142 valence electrons. The van der Waals surface area contributed by atoms with Gasteiger partial charge in [0.2, 0.25) is 0 Å². The second-order valence-corrected chi connectivity index (χ2v) is 7.22. The molecule has 1 aliphatic rings. The van der Waals surface area contributed by atoms with Crippen LogP contribution in [0.2, 0.25) is 0 Å². The molecule has 1 saturated heterocycles. The van der Waals surface area contributed by atoms with Gasteiger partial charge in [0.15, 0.2) is 0 Å². The van der Waals surface area contributed by atoms with Gasteiger partial charge in [-0.1, -0.05) is 42.5 Å². The molecule has 6 nitrogen and oxygen atoms in total. The van der Waals surface area contributed by atoms with E-state index in [1.54, 1.807) is 0 Å². The van der Waals surface area contributed by atoms with Crippen LogP contribution in [-0.2, 0) is 13.0 Å². The summed E-state index contributed by atoms with van der Waals surface area (Å²) in [6, 6.07) is 17.0. The van der Waals surface area contributed by atoms with Crippen molar-refractivity contribution in [1.29, 1.82) is 0 Å². The Bertz CT molecular complexity index is 852. The summed E-state index contributed by atoms with van der Waals surface area (Å²) in [5.41, 5.74) is 4.17. The maximum absolute atomic E-state index is 9.54. The van der Waals surface area contributed by atoms with Gasteiger partial charge in [-0.2, -0.15) is 0 Å². The number of aromatic nitrogens is 2. The predicted octanol–water partition coefficient (Wildman–Crippen LogP) is 2.33. The summed E-state index contributed by atoms with van der Waals surface area (Å²) in [6.45, 7) is 5.08. The molecule has 0 aliphatic carbocycles. The highest BCUT2D eigenvalue weighted by atomic mass is 16.6. The van der Waals surface area contributed by atoms with Crippen molar-refractivity contribution >= 4 is 11.0 Å². The van der Waals surface area contributed by atoms with E-state index in [1.165, 1.54) is 5.56 Å². The molecule has 0 spiro atoms. The number of piperazine rings is 1. The molecule has 1 atom stereocenters. The first kappa shape index (κ1) is 18.1. The van der Waals surface area contributed by atoms with Gasteiger partial charge in [0.05, 0.1) is 0 Å². The summed E-state index contributed by atoms with van der Waals surface area (Å²) in [5, 5.41) is 17.5. The molecule has 0 saturated carbocycles. The van der Waals surface area contributed by atoms with Gasteiger partial charge < -0.3 is 5.11 Å². The summed E-state index contributed by atoms with van der Waals surface area (Å²) in [6.07, 6.45) is 1.85. The molecule has 1 aromatic heterocycles. The lowest BCUT2D eigenvalue weighted by Gasteiger charge is -2.41. The van der Waals surface area contributed by atoms with Crippen molar-refractivity contribution < 1.29 is 9.74 Å². The largest absolute Gasteiger partial charge is 0.396 e. The fraction of sp³-hybridized carbons (Fsp3) is 0.429. The van der Waals surface area contributed by atoms with Crippen molar-refractivity contribution in [2.45, 2.75) is 25.4 Å². The number of hydrogen-bond acceptors (Lipinski definition) is 6. The number of aliphatic hydroxyl groups is 1. The summed E-state index contributed by atoms with van der Waals surface area (Å²) < 4.78 is 4.89. The monoisotopic (exact) mass is 366 g/mol. The van der Waals surface area contributed by atoms with Gasteiger partial charge in [-0.25, -0.2) is 4.63 Å². The van der Waals surface area contributed by atoms with Crippen molar-refractivity contribution in [3.63, 3.8) is 0 Å². The summed E-state index contributed by atoms with van der Waals surface area (Å²) >= 11 is 0. The number of benzene rings is 2. The Balaban J connectivity index is 1.39. The Morgan fingerprint density at radius 1 is 1.04 bits per heavy atom. The lowest BCUT2D eigenvalue weighted by Crippen LogP contribution is -2.53. The fourth-order valence-corrected chi connectivity index (χ4v) is 3.97. The minimum atomic E-state index is 0.225. The minimum absolute atomic E-state index is 0.225. The van der Waals surface area contributed by atoms with Crippen LogP contribution in [0.4, 0.5) is 0 Å². The standard InChI is InChI=1S/C21H26N4O2/c26-14-10-19-16-24(15-18-7-4-8-20-21(18)23-27-22-20)12-13-25(19)11-9-17-5-2-1-3-6-17/h1-8,19,26H,9-16H2/t19-/m1/s1. The first-order valence-electron chi connectivity index (χ1n) is 9.65. The Kier molecular flexibility index (Phi) is 5.77. The van der Waals surface area contributed by atoms with Gasteiger partial charge in [-0.05, 0) is 40.3 Å². The van der Waals surface area contributed by atoms with Crippen LogP contribution in [0.25, 0.3) is 11.0 Å². The minimum Gasteiger partial charge on any atom is -0.396 e. The van der Waals surface area contributed by atoms with Crippen molar-refractivity contribution in [1.82, 2.24) is 20.1 Å². The Labute approximate surface area is 159 Å². The molecule has 0 radical (unpaired) electrons. The van der Waals surface area contributed by atoms with Gasteiger partial charge in [-0.15, -0.1) is 0 Å². The molecule has 0 amide bonds. The second-order valence-electron chi connectivity index (χ2n) is 7.22. The molecule has 0 unspecified atom stereocenters. The topological polar surface area (TPSA) is 65.6 Å². The van der Waals surface area contributed by atoms with Gasteiger partial charge in [0.1, 0.15) is 11.0 Å². The predicted molar refractivity (Wildman–Crippen MR) is 104 cm³/mol. The van der Waals surface area contributed by atoms with E-state index in [1.807, 2.05) is 12.1 Å². The summed E-state index contributed by atoms with van der Waals surface area (Å²) in [7, 11) is 0. The number of rotatable bonds is 7. The van der Waals surface area contributed by atoms with Gasteiger partial charge in [0, 0.05) is 45.4 Å². The second kappa shape index (κ2) is 8.61. The lowest BCUT2D eigenvalue weighted by molar-refractivity contribution is 0.0563. The first-order chi connectivity index (χ1) is 13.3. The van der Waals surface area contributed by atoms with Crippen LogP contribution in [0.15, 0.2) is 53.2 Å².